The van der Waals surface area contributed by atoms with Gasteiger partial charge < -0.3 is 14.0 Å². The Kier molecular flexibility index (Phi) is 7.45. The molecule has 8 heteroatoms. The fourth-order valence-electron chi connectivity index (χ4n) is 2.89. The first-order valence-electron chi connectivity index (χ1n) is 9.60. The number of carbonyl (C=O) groups is 1. The van der Waals surface area contributed by atoms with Crippen LogP contribution in [0.15, 0.2) is 70.7 Å². The molecule has 0 unspecified atom stereocenters. The number of hydrogen-bond donors (Lipinski definition) is 1. The third-order valence-corrected chi connectivity index (χ3v) is 4.65. The zero-order valence-electron chi connectivity index (χ0n) is 17.2. The lowest BCUT2D eigenvalue weighted by molar-refractivity contribution is 0.0953. The molecule has 160 valence electrons. The molecule has 0 fully saturated rings. The van der Waals surface area contributed by atoms with Crippen LogP contribution in [0, 0.1) is 0 Å². The van der Waals surface area contributed by atoms with Crippen LogP contribution in [-0.4, -0.2) is 30.4 Å². The first kappa shape index (κ1) is 22.1. The minimum Gasteiger partial charge on any atom is -0.493 e. The van der Waals surface area contributed by atoms with E-state index in [4.69, 9.17) is 21.1 Å². The number of nitrogens with zero attached hydrogens (tertiary/aromatic N) is 2. The number of ether oxygens (including phenoxy) is 2. The van der Waals surface area contributed by atoms with Crippen LogP contribution in [0.4, 0.5) is 0 Å². The molecule has 7 nitrogen and oxygen atoms in total. The molecule has 0 bridgehead atoms. The number of nitrogens with one attached hydrogen (secondary N) is 1. The predicted octanol–water partition coefficient (Wildman–Crippen LogP) is 3.72. The summed E-state index contributed by atoms with van der Waals surface area (Å²) < 4.78 is 12.2. The fourth-order valence-corrected chi connectivity index (χ4v) is 3.01. The lowest BCUT2D eigenvalue weighted by atomic mass is 10.2. The molecule has 0 aliphatic carbocycles. The molecule has 1 amide bonds. The Bertz CT molecular complexity index is 1140. The van der Waals surface area contributed by atoms with Crippen LogP contribution < -0.4 is 20.5 Å². The van der Waals surface area contributed by atoms with Crippen LogP contribution in [0.3, 0.4) is 0 Å². The number of rotatable bonds is 8. The normalized spacial score (nSPS) is 10.8. The molecule has 0 aliphatic rings. The van der Waals surface area contributed by atoms with Crippen molar-refractivity contribution in [1.29, 1.82) is 0 Å². The number of hydrogen-bond acceptors (Lipinski definition) is 5. The van der Waals surface area contributed by atoms with Crippen LogP contribution in [0.25, 0.3) is 0 Å². The molecule has 1 heterocycles. The zero-order valence-corrected chi connectivity index (χ0v) is 17.9. The van der Waals surface area contributed by atoms with Gasteiger partial charge in [-0.15, -0.1) is 0 Å². The molecule has 1 N–H and O–H groups in total. The second kappa shape index (κ2) is 10.4. The van der Waals surface area contributed by atoms with Crippen molar-refractivity contribution in [3.63, 3.8) is 0 Å². The van der Waals surface area contributed by atoms with Gasteiger partial charge in [-0.05, 0) is 60.5 Å². The zero-order chi connectivity index (χ0) is 22.2. The molecule has 0 aliphatic heterocycles. The number of methoxy groups -OCH3 is 1. The van der Waals surface area contributed by atoms with Gasteiger partial charge in [0.1, 0.15) is 5.56 Å². The molecule has 3 aromatic rings. The minimum atomic E-state index is -0.592. The molecule has 3 rings (SSSR count). The minimum absolute atomic E-state index is 0.00153. The highest BCUT2D eigenvalue weighted by atomic mass is 35.5. The summed E-state index contributed by atoms with van der Waals surface area (Å²) in [4.78, 5) is 25.2. The Balaban J connectivity index is 1.71. The van der Waals surface area contributed by atoms with Crippen LogP contribution in [0.2, 0.25) is 5.02 Å². The van der Waals surface area contributed by atoms with Gasteiger partial charge in [0, 0.05) is 11.2 Å². The van der Waals surface area contributed by atoms with Crippen LogP contribution in [0.5, 0.6) is 11.5 Å². The smallest absolute Gasteiger partial charge is 0.276 e. The van der Waals surface area contributed by atoms with E-state index in [1.165, 1.54) is 16.8 Å². The van der Waals surface area contributed by atoms with Gasteiger partial charge in [0.15, 0.2) is 11.5 Å². The molecule has 0 saturated carbocycles. The highest BCUT2D eigenvalue weighted by molar-refractivity contribution is 6.30. The van der Waals surface area contributed by atoms with E-state index in [0.29, 0.717) is 35.2 Å². The summed E-state index contributed by atoms with van der Waals surface area (Å²) in [6.45, 7) is 2.69. The molecule has 1 aromatic heterocycles. The maximum Gasteiger partial charge on any atom is 0.276 e. The first-order valence-corrected chi connectivity index (χ1v) is 9.97. The number of amides is 1. The van der Waals surface area contributed by atoms with Crippen LogP contribution in [-0.2, 0) is 6.54 Å². The lowest BCUT2D eigenvalue weighted by Crippen LogP contribution is -2.30. The molecule has 0 spiro atoms. The summed E-state index contributed by atoms with van der Waals surface area (Å²) in [5.74, 6) is 0.590. The van der Waals surface area contributed by atoms with E-state index in [1.807, 2.05) is 19.1 Å². The molecular formula is C23H22ClN3O4. The predicted molar refractivity (Wildman–Crippen MR) is 120 cm³/mol. The van der Waals surface area contributed by atoms with Crippen molar-refractivity contribution in [2.24, 2.45) is 5.10 Å². The van der Waals surface area contributed by atoms with E-state index < -0.39 is 11.5 Å². The quantitative estimate of drug-likeness (QED) is 0.428. The fraction of sp³-hybridized carbons (Fsp3) is 0.174. The largest absolute Gasteiger partial charge is 0.493 e. The number of aromatic nitrogens is 1. The van der Waals surface area contributed by atoms with Crippen molar-refractivity contribution < 1.29 is 14.3 Å². The van der Waals surface area contributed by atoms with Crippen LogP contribution >= 0.6 is 11.6 Å². The average Bonchev–Trinajstić information content (AvgIpc) is 2.77. The highest BCUT2D eigenvalue weighted by Crippen LogP contribution is 2.27. The monoisotopic (exact) mass is 439 g/mol. The van der Waals surface area contributed by atoms with Gasteiger partial charge >= 0.3 is 0 Å². The summed E-state index contributed by atoms with van der Waals surface area (Å²) in [6.07, 6.45) is 3.10. The van der Waals surface area contributed by atoms with Crippen LogP contribution in [0.1, 0.15) is 28.4 Å². The Hall–Kier alpha value is -3.58. The number of benzene rings is 2. The SMILES string of the molecule is CCOc1cc(/C=N\NC(=O)c2cccn(Cc3ccc(Cl)cc3)c2=O)ccc1OC. The third-order valence-electron chi connectivity index (χ3n) is 4.40. The van der Waals surface area contributed by atoms with Crippen molar-refractivity contribution in [3.05, 3.63) is 92.9 Å². The van der Waals surface area contributed by atoms with Crippen molar-refractivity contribution in [2.45, 2.75) is 13.5 Å². The summed E-state index contributed by atoms with van der Waals surface area (Å²) in [5.41, 5.74) is 3.59. The summed E-state index contributed by atoms with van der Waals surface area (Å²) in [7, 11) is 1.56. The summed E-state index contributed by atoms with van der Waals surface area (Å²) in [6, 6.07) is 15.6. The van der Waals surface area contributed by atoms with Gasteiger partial charge in [-0.1, -0.05) is 23.7 Å². The van der Waals surface area contributed by atoms with Gasteiger partial charge in [-0.25, -0.2) is 5.43 Å². The molecule has 0 radical (unpaired) electrons. The Labute approximate surface area is 184 Å². The first-order chi connectivity index (χ1) is 15.0. The van der Waals surface area contributed by atoms with Gasteiger partial charge in [0.25, 0.3) is 11.5 Å². The van der Waals surface area contributed by atoms with Crippen molar-refractivity contribution in [3.8, 4) is 11.5 Å². The number of carbonyl (C=O) groups excluding carboxylic acids is 1. The number of pyridine rings is 1. The van der Waals surface area contributed by atoms with Gasteiger partial charge in [0.2, 0.25) is 0 Å². The van der Waals surface area contributed by atoms with Crippen molar-refractivity contribution in [2.75, 3.05) is 13.7 Å². The average molecular weight is 440 g/mol. The third kappa shape index (κ3) is 5.73. The molecule has 31 heavy (non-hydrogen) atoms. The molecule has 0 atom stereocenters. The standard InChI is InChI=1S/C23H22ClN3O4/c1-3-31-21-13-17(8-11-20(21)30-2)14-25-26-22(28)19-5-4-12-27(23(19)29)15-16-6-9-18(24)10-7-16/h4-14H,3,15H2,1-2H3,(H,26,28)/b25-14-. The van der Waals surface area contributed by atoms with E-state index in [0.717, 1.165) is 5.56 Å². The lowest BCUT2D eigenvalue weighted by Gasteiger charge is -2.09. The van der Waals surface area contributed by atoms with E-state index in [-0.39, 0.29) is 5.56 Å². The molecule has 2 aromatic carbocycles. The second-order valence-electron chi connectivity index (χ2n) is 6.52. The van der Waals surface area contributed by atoms with Gasteiger partial charge in [-0.3, -0.25) is 9.59 Å². The highest BCUT2D eigenvalue weighted by Gasteiger charge is 2.12. The Morgan fingerprint density at radius 3 is 2.65 bits per heavy atom. The topological polar surface area (TPSA) is 81.9 Å². The van der Waals surface area contributed by atoms with E-state index >= 15 is 0 Å². The van der Waals surface area contributed by atoms with E-state index in [1.54, 1.807) is 49.7 Å². The van der Waals surface area contributed by atoms with Gasteiger partial charge in [0.05, 0.1) is 26.5 Å². The van der Waals surface area contributed by atoms with Crippen molar-refractivity contribution >= 4 is 23.7 Å². The molecular weight excluding hydrogens is 418 g/mol. The Morgan fingerprint density at radius 1 is 1.16 bits per heavy atom. The van der Waals surface area contributed by atoms with E-state index in [2.05, 4.69) is 10.5 Å². The molecule has 0 saturated heterocycles. The second-order valence-corrected chi connectivity index (χ2v) is 6.96. The summed E-state index contributed by atoms with van der Waals surface area (Å²) >= 11 is 5.90. The maximum absolute atomic E-state index is 12.7. The maximum atomic E-state index is 12.7. The van der Waals surface area contributed by atoms with Gasteiger partial charge in [-0.2, -0.15) is 5.10 Å². The number of halogens is 1. The number of hydrazone groups is 1. The Morgan fingerprint density at radius 2 is 1.94 bits per heavy atom. The van der Waals surface area contributed by atoms with E-state index in [9.17, 15) is 9.59 Å². The summed E-state index contributed by atoms with van der Waals surface area (Å²) in [5, 5.41) is 4.57. The van der Waals surface area contributed by atoms with Crippen molar-refractivity contribution in [1.82, 2.24) is 9.99 Å².